The van der Waals surface area contributed by atoms with Crippen molar-refractivity contribution >= 4 is 5.97 Å². The fourth-order valence-electron chi connectivity index (χ4n) is 2.75. The number of benzene rings is 3. The second-order valence-corrected chi connectivity index (χ2v) is 6.17. The van der Waals surface area contributed by atoms with Crippen LogP contribution in [0.3, 0.4) is 0 Å². The van der Waals surface area contributed by atoms with Crippen LogP contribution in [-0.2, 0) is 16.1 Å². The van der Waals surface area contributed by atoms with Gasteiger partial charge in [0.25, 0.3) is 0 Å². The number of ether oxygens (including phenoxy) is 2. The lowest BCUT2D eigenvalue weighted by Gasteiger charge is -2.13. The SMILES string of the molecule is CC(=O)OC(C)c1ccc(-c2ccc(OCc3ccccc3)cc2)cc1. The van der Waals surface area contributed by atoms with Gasteiger partial charge in [0.15, 0.2) is 0 Å². The minimum absolute atomic E-state index is 0.240. The van der Waals surface area contributed by atoms with Crippen LogP contribution in [0, 0.1) is 0 Å². The Kier molecular flexibility index (Phi) is 5.69. The van der Waals surface area contributed by atoms with E-state index in [4.69, 9.17) is 9.47 Å². The third-order valence-electron chi connectivity index (χ3n) is 4.16. The molecule has 3 aromatic carbocycles. The van der Waals surface area contributed by atoms with Gasteiger partial charge in [0.2, 0.25) is 0 Å². The van der Waals surface area contributed by atoms with E-state index in [-0.39, 0.29) is 12.1 Å². The first-order valence-corrected chi connectivity index (χ1v) is 8.66. The van der Waals surface area contributed by atoms with E-state index in [1.54, 1.807) is 0 Å². The third-order valence-corrected chi connectivity index (χ3v) is 4.16. The molecule has 0 spiro atoms. The van der Waals surface area contributed by atoms with Crippen molar-refractivity contribution in [1.82, 2.24) is 0 Å². The van der Waals surface area contributed by atoms with Crippen LogP contribution in [0.25, 0.3) is 11.1 Å². The van der Waals surface area contributed by atoms with Crippen LogP contribution in [0.15, 0.2) is 78.9 Å². The summed E-state index contributed by atoms with van der Waals surface area (Å²) in [6.45, 7) is 3.85. The molecule has 3 nitrogen and oxygen atoms in total. The molecule has 0 aliphatic rings. The molecule has 0 saturated carbocycles. The van der Waals surface area contributed by atoms with Crippen molar-refractivity contribution in [3.63, 3.8) is 0 Å². The molecule has 0 fully saturated rings. The smallest absolute Gasteiger partial charge is 0.303 e. The minimum atomic E-state index is -0.271. The maximum atomic E-state index is 11.1. The van der Waals surface area contributed by atoms with Crippen molar-refractivity contribution in [1.29, 1.82) is 0 Å². The van der Waals surface area contributed by atoms with Gasteiger partial charge in [-0.3, -0.25) is 4.79 Å². The highest BCUT2D eigenvalue weighted by atomic mass is 16.5. The molecule has 1 unspecified atom stereocenters. The zero-order valence-electron chi connectivity index (χ0n) is 15.0. The molecule has 132 valence electrons. The zero-order chi connectivity index (χ0) is 18.4. The van der Waals surface area contributed by atoms with Gasteiger partial charge in [-0.2, -0.15) is 0 Å². The van der Waals surface area contributed by atoms with Gasteiger partial charge in [-0.25, -0.2) is 0 Å². The van der Waals surface area contributed by atoms with Crippen molar-refractivity contribution in [2.45, 2.75) is 26.6 Å². The van der Waals surface area contributed by atoms with Crippen molar-refractivity contribution in [2.75, 3.05) is 0 Å². The molecule has 0 bridgehead atoms. The van der Waals surface area contributed by atoms with E-state index in [9.17, 15) is 4.79 Å². The average Bonchev–Trinajstić information content (AvgIpc) is 2.67. The van der Waals surface area contributed by atoms with Crippen LogP contribution in [0.4, 0.5) is 0 Å². The molecule has 26 heavy (non-hydrogen) atoms. The fourth-order valence-corrected chi connectivity index (χ4v) is 2.75. The lowest BCUT2D eigenvalue weighted by molar-refractivity contribution is -0.145. The second kappa shape index (κ2) is 8.34. The minimum Gasteiger partial charge on any atom is -0.489 e. The Morgan fingerprint density at radius 1 is 0.846 bits per heavy atom. The summed E-state index contributed by atoms with van der Waals surface area (Å²) in [5.74, 6) is 0.574. The van der Waals surface area contributed by atoms with E-state index in [2.05, 4.69) is 0 Å². The molecule has 0 aliphatic heterocycles. The molecular formula is C23H22O3. The van der Waals surface area contributed by atoms with E-state index in [0.29, 0.717) is 6.61 Å². The number of rotatable bonds is 6. The van der Waals surface area contributed by atoms with Crippen LogP contribution >= 0.6 is 0 Å². The number of carbonyl (C=O) groups excluding carboxylic acids is 1. The number of carbonyl (C=O) groups is 1. The Hall–Kier alpha value is -3.07. The number of esters is 1. The fraction of sp³-hybridized carbons (Fsp3) is 0.174. The first kappa shape index (κ1) is 17.7. The molecule has 3 rings (SSSR count). The summed E-state index contributed by atoms with van der Waals surface area (Å²) in [7, 11) is 0. The Morgan fingerprint density at radius 3 is 2.00 bits per heavy atom. The van der Waals surface area contributed by atoms with E-state index in [1.165, 1.54) is 6.92 Å². The predicted molar refractivity (Wildman–Crippen MR) is 103 cm³/mol. The second-order valence-electron chi connectivity index (χ2n) is 6.17. The zero-order valence-corrected chi connectivity index (χ0v) is 15.0. The molecule has 1 atom stereocenters. The summed E-state index contributed by atoms with van der Waals surface area (Å²) in [5.41, 5.74) is 4.35. The van der Waals surface area contributed by atoms with E-state index >= 15 is 0 Å². The lowest BCUT2D eigenvalue weighted by Crippen LogP contribution is -2.04. The van der Waals surface area contributed by atoms with Gasteiger partial charge in [0.05, 0.1) is 0 Å². The molecule has 0 saturated heterocycles. The van der Waals surface area contributed by atoms with Gasteiger partial charge < -0.3 is 9.47 Å². The molecule has 0 amide bonds. The molecule has 0 aromatic heterocycles. The Morgan fingerprint density at radius 2 is 1.42 bits per heavy atom. The Labute approximate surface area is 154 Å². The van der Waals surface area contributed by atoms with Gasteiger partial charge in [0, 0.05) is 6.92 Å². The molecule has 0 heterocycles. The van der Waals surface area contributed by atoms with Gasteiger partial charge in [-0.1, -0.05) is 66.7 Å². The summed E-state index contributed by atoms with van der Waals surface area (Å²) in [6.07, 6.45) is -0.240. The quantitative estimate of drug-likeness (QED) is 0.548. The first-order valence-electron chi connectivity index (χ1n) is 8.66. The summed E-state index contributed by atoms with van der Waals surface area (Å²) in [4.78, 5) is 11.1. The summed E-state index contributed by atoms with van der Waals surface area (Å²) >= 11 is 0. The highest BCUT2D eigenvalue weighted by Gasteiger charge is 2.08. The maximum Gasteiger partial charge on any atom is 0.303 e. The average molecular weight is 346 g/mol. The highest BCUT2D eigenvalue weighted by Crippen LogP contribution is 2.25. The number of hydrogen-bond acceptors (Lipinski definition) is 3. The van der Waals surface area contributed by atoms with Crippen molar-refractivity contribution in [3.8, 4) is 16.9 Å². The summed E-state index contributed by atoms with van der Waals surface area (Å²) < 4.78 is 11.0. The van der Waals surface area contributed by atoms with Gasteiger partial charge >= 0.3 is 5.97 Å². The van der Waals surface area contributed by atoms with Gasteiger partial charge in [0.1, 0.15) is 18.5 Å². The van der Waals surface area contributed by atoms with Crippen LogP contribution in [-0.4, -0.2) is 5.97 Å². The molecule has 0 aliphatic carbocycles. The summed E-state index contributed by atoms with van der Waals surface area (Å²) in [5, 5.41) is 0. The molecular weight excluding hydrogens is 324 g/mol. The van der Waals surface area contributed by atoms with Crippen molar-refractivity contribution in [3.05, 3.63) is 90.0 Å². The van der Waals surface area contributed by atoms with Gasteiger partial charge in [-0.05, 0) is 41.3 Å². The van der Waals surface area contributed by atoms with Crippen LogP contribution in [0.1, 0.15) is 31.1 Å². The third kappa shape index (κ3) is 4.73. The monoisotopic (exact) mass is 346 g/mol. The molecule has 3 aromatic rings. The molecule has 0 N–H and O–H groups in total. The van der Waals surface area contributed by atoms with Crippen LogP contribution < -0.4 is 4.74 Å². The van der Waals surface area contributed by atoms with E-state index in [1.807, 2.05) is 85.8 Å². The standard InChI is InChI=1S/C23H22O3/c1-17(26-18(2)24)20-8-10-21(11-9-20)22-12-14-23(15-13-22)25-16-19-6-4-3-5-7-19/h3-15,17H,16H2,1-2H3. The van der Waals surface area contributed by atoms with Gasteiger partial charge in [-0.15, -0.1) is 0 Å². The molecule has 0 radical (unpaired) electrons. The molecule has 3 heteroatoms. The maximum absolute atomic E-state index is 11.1. The largest absolute Gasteiger partial charge is 0.489 e. The lowest BCUT2D eigenvalue weighted by atomic mass is 10.0. The van der Waals surface area contributed by atoms with Crippen LogP contribution in [0.5, 0.6) is 5.75 Å². The van der Waals surface area contributed by atoms with Crippen molar-refractivity contribution < 1.29 is 14.3 Å². The van der Waals surface area contributed by atoms with E-state index in [0.717, 1.165) is 28.0 Å². The van der Waals surface area contributed by atoms with E-state index < -0.39 is 0 Å². The van der Waals surface area contributed by atoms with Crippen molar-refractivity contribution in [2.24, 2.45) is 0 Å². The Balaban J connectivity index is 1.63. The predicted octanol–water partition coefficient (Wildman–Crippen LogP) is 5.56. The van der Waals surface area contributed by atoms with Crippen LogP contribution in [0.2, 0.25) is 0 Å². The topological polar surface area (TPSA) is 35.5 Å². The first-order chi connectivity index (χ1) is 12.6. The Bertz CT molecular complexity index is 837. The number of hydrogen-bond donors (Lipinski definition) is 0. The normalized spacial score (nSPS) is 11.6. The highest BCUT2D eigenvalue weighted by molar-refractivity contribution is 5.67. The summed E-state index contributed by atoms with van der Waals surface area (Å²) in [6, 6.07) is 26.2.